The maximum atomic E-state index is 12.8. The van der Waals surface area contributed by atoms with E-state index < -0.39 is 0 Å². The molecule has 2 aromatic rings. The highest BCUT2D eigenvalue weighted by Crippen LogP contribution is 2.20. The van der Waals surface area contributed by atoms with Crippen molar-refractivity contribution in [3.8, 4) is 0 Å². The van der Waals surface area contributed by atoms with Crippen molar-refractivity contribution in [1.82, 2.24) is 9.97 Å². The van der Waals surface area contributed by atoms with Crippen LogP contribution < -0.4 is 5.32 Å². The van der Waals surface area contributed by atoms with Crippen molar-refractivity contribution in [1.29, 1.82) is 0 Å². The van der Waals surface area contributed by atoms with Gasteiger partial charge in [0.05, 0.1) is 29.8 Å². The zero-order valence-corrected chi connectivity index (χ0v) is 10.9. The third kappa shape index (κ3) is 2.96. The summed E-state index contributed by atoms with van der Waals surface area (Å²) in [5.41, 5.74) is 2.53. The lowest BCUT2D eigenvalue weighted by Crippen LogP contribution is -2.08. The van der Waals surface area contributed by atoms with Crippen LogP contribution in [-0.4, -0.2) is 9.97 Å². The molecule has 0 amide bonds. The highest BCUT2D eigenvalue weighted by atomic mass is 35.5. The lowest BCUT2D eigenvalue weighted by Gasteiger charge is -2.15. The predicted molar refractivity (Wildman–Crippen MR) is 70.2 cm³/mol. The molecule has 94 valence electrons. The topological polar surface area (TPSA) is 37.8 Å². The first kappa shape index (κ1) is 12.8. The van der Waals surface area contributed by atoms with Gasteiger partial charge in [-0.3, -0.25) is 4.98 Å². The molecule has 1 atom stereocenters. The standard InChI is InChI=1S/C13H13ClFN3/c1-8-5-11(7-17-13(8)14)18-9(2)12-4-3-10(15)6-16-12/h3-7,9,18H,1-2H3. The van der Waals surface area contributed by atoms with Crippen LogP contribution >= 0.6 is 11.6 Å². The number of hydrogen-bond acceptors (Lipinski definition) is 3. The van der Waals surface area contributed by atoms with Crippen molar-refractivity contribution in [2.75, 3.05) is 5.32 Å². The van der Waals surface area contributed by atoms with Gasteiger partial charge >= 0.3 is 0 Å². The molecule has 0 radical (unpaired) electrons. The van der Waals surface area contributed by atoms with Crippen LogP contribution in [0.3, 0.4) is 0 Å². The number of rotatable bonds is 3. The van der Waals surface area contributed by atoms with Crippen molar-refractivity contribution >= 4 is 17.3 Å². The van der Waals surface area contributed by atoms with E-state index in [9.17, 15) is 4.39 Å². The van der Waals surface area contributed by atoms with Crippen molar-refractivity contribution < 1.29 is 4.39 Å². The number of anilines is 1. The van der Waals surface area contributed by atoms with Gasteiger partial charge in [0.1, 0.15) is 11.0 Å². The number of hydrogen-bond donors (Lipinski definition) is 1. The SMILES string of the molecule is Cc1cc(NC(C)c2ccc(F)cn2)cnc1Cl. The van der Waals surface area contributed by atoms with E-state index in [1.807, 2.05) is 19.9 Å². The van der Waals surface area contributed by atoms with Crippen LogP contribution in [0.5, 0.6) is 0 Å². The Kier molecular flexibility index (Phi) is 3.77. The molecule has 18 heavy (non-hydrogen) atoms. The fourth-order valence-electron chi connectivity index (χ4n) is 1.60. The summed E-state index contributed by atoms with van der Waals surface area (Å²) in [5.74, 6) is -0.338. The van der Waals surface area contributed by atoms with Crippen molar-refractivity contribution in [2.24, 2.45) is 0 Å². The van der Waals surface area contributed by atoms with Crippen molar-refractivity contribution in [3.63, 3.8) is 0 Å². The molecule has 0 aliphatic rings. The summed E-state index contributed by atoms with van der Waals surface area (Å²) in [6, 6.07) is 4.93. The molecule has 0 aliphatic carbocycles. The van der Waals surface area contributed by atoms with Crippen LogP contribution in [0.15, 0.2) is 30.6 Å². The average molecular weight is 266 g/mol. The van der Waals surface area contributed by atoms with E-state index in [0.717, 1.165) is 16.9 Å². The quantitative estimate of drug-likeness (QED) is 0.859. The summed E-state index contributed by atoms with van der Waals surface area (Å²) in [5, 5.41) is 3.73. The molecule has 0 saturated heterocycles. The number of aromatic nitrogens is 2. The second-order valence-corrected chi connectivity index (χ2v) is 4.46. The number of nitrogens with zero attached hydrogens (tertiary/aromatic N) is 2. The van der Waals surface area contributed by atoms with Gasteiger partial charge < -0.3 is 5.32 Å². The lowest BCUT2D eigenvalue weighted by molar-refractivity contribution is 0.617. The first-order valence-corrected chi connectivity index (χ1v) is 5.94. The predicted octanol–water partition coefficient (Wildman–Crippen LogP) is 3.75. The van der Waals surface area contributed by atoms with Gasteiger partial charge in [-0.05, 0) is 37.6 Å². The summed E-state index contributed by atoms with van der Waals surface area (Å²) < 4.78 is 12.8. The Morgan fingerprint density at radius 1 is 1.28 bits per heavy atom. The van der Waals surface area contributed by atoms with Gasteiger partial charge in [-0.2, -0.15) is 0 Å². The zero-order valence-electron chi connectivity index (χ0n) is 10.1. The number of nitrogens with one attached hydrogen (secondary N) is 1. The molecular weight excluding hydrogens is 253 g/mol. The van der Waals surface area contributed by atoms with Gasteiger partial charge in [0.2, 0.25) is 0 Å². The molecule has 3 nitrogen and oxygen atoms in total. The maximum Gasteiger partial charge on any atom is 0.141 e. The van der Waals surface area contributed by atoms with Gasteiger partial charge in [-0.1, -0.05) is 11.6 Å². The zero-order chi connectivity index (χ0) is 13.1. The highest BCUT2D eigenvalue weighted by molar-refractivity contribution is 6.30. The summed E-state index contributed by atoms with van der Waals surface area (Å²) in [4.78, 5) is 8.09. The van der Waals surface area contributed by atoms with E-state index in [0.29, 0.717) is 5.15 Å². The van der Waals surface area contributed by atoms with E-state index in [2.05, 4.69) is 15.3 Å². The van der Waals surface area contributed by atoms with Crippen LogP contribution in [0, 0.1) is 12.7 Å². The van der Waals surface area contributed by atoms with E-state index in [4.69, 9.17) is 11.6 Å². The summed E-state index contributed by atoms with van der Waals surface area (Å²) >= 11 is 5.86. The second kappa shape index (κ2) is 5.31. The lowest BCUT2D eigenvalue weighted by atomic mass is 10.2. The molecule has 0 bridgehead atoms. The number of pyridine rings is 2. The largest absolute Gasteiger partial charge is 0.376 e. The minimum absolute atomic E-state index is 0.0343. The smallest absolute Gasteiger partial charge is 0.141 e. The van der Waals surface area contributed by atoms with Gasteiger partial charge in [-0.15, -0.1) is 0 Å². The highest BCUT2D eigenvalue weighted by Gasteiger charge is 2.08. The Morgan fingerprint density at radius 2 is 2.06 bits per heavy atom. The van der Waals surface area contributed by atoms with Crippen LogP contribution in [0.1, 0.15) is 24.2 Å². The first-order chi connectivity index (χ1) is 8.56. The third-order valence-electron chi connectivity index (χ3n) is 2.59. The molecule has 0 aliphatic heterocycles. The fourth-order valence-corrected chi connectivity index (χ4v) is 1.71. The molecule has 2 heterocycles. The Balaban J connectivity index is 2.13. The number of aryl methyl sites for hydroxylation is 1. The van der Waals surface area contributed by atoms with Gasteiger partial charge in [-0.25, -0.2) is 9.37 Å². The molecule has 0 spiro atoms. The maximum absolute atomic E-state index is 12.8. The molecule has 5 heteroatoms. The minimum Gasteiger partial charge on any atom is -0.376 e. The molecule has 2 aromatic heterocycles. The van der Waals surface area contributed by atoms with Crippen molar-refractivity contribution in [3.05, 3.63) is 52.8 Å². The Hall–Kier alpha value is -1.68. The van der Waals surface area contributed by atoms with E-state index in [1.54, 1.807) is 12.3 Å². The molecule has 2 rings (SSSR count). The van der Waals surface area contributed by atoms with E-state index in [-0.39, 0.29) is 11.9 Å². The Morgan fingerprint density at radius 3 is 2.67 bits per heavy atom. The van der Waals surface area contributed by atoms with Crippen LogP contribution in [0.25, 0.3) is 0 Å². The van der Waals surface area contributed by atoms with Crippen LogP contribution in [0.2, 0.25) is 5.15 Å². The van der Waals surface area contributed by atoms with Gasteiger partial charge in [0.25, 0.3) is 0 Å². The molecule has 0 aromatic carbocycles. The summed E-state index contributed by atoms with van der Waals surface area (Å²) in [7, 11) is 0. The molecule has 0 saturated carbocycles. The van der Waals surface area contributed by atoms with Gasteiger partial charge in [0, 0.05) is 0 Å². The van der Waals surface area contributed by atoms with Gasteiger partial charge in [0.15, 0.2) is 0 Å². The Bertz CT molecular complexity index is 542. The normalized spacial score (nSPS) is 12.2. The monoisotopic (exact) mass is 265 g/mol. The summed E-state index contributed by atoms with van der Waals surface area (Å²) in [6.07, 6.45) is 2.87. The third-order valence-corrected chi connectivity index (χ3v) is 2.99. The first-order valence-electron chi connectivity index (χ1n) is 5.56. The van der Waals surface area contributed by atoms with E-state index >= 15 is 0 Å². The van der Waals surface area contributed by atoms with Crippen LogP contribution in [-0.2, 0) is 0 Å². The Labute approximate surface area is 110 Å². The molecular formula is C13H13ClFN3. The fraction of sp³-hybridized carbons (Fsp3) is 0.231. The number of halogens is 2. The second-order valence-electron chi connectivity index (χ2n) is 4.10. The van der Waals surface area contributed by atoms with Crippen LogP contribution in [0.4, 0.5) is 10.1 Å². The van der Waals surface area contributed by atoms with Crippen molar-refractivity contribution in [2.45, 2.75) is 19.9 Å². The minimum atomic E-state index is -0.338. The average Bonchev–Trinajstić information content (AvgIpc) is 2.34. The molecule has 1 unspecified atom stereocenters. The van der Waals surface area contributed by atoms with E-state index in [1.165, 1.54) is 12.3 Å². The molecule has 0 fully saturated rings. The molecule has 1 N–H and O–H groups in total. The summed E-state index contributed by atoms with van der Waals surface area (Å²) in [6.45, 7) is 3.84.